The molecule has 7 heteroatoms. The Morgan fingerprint density at radius 1 is 1.09 bits per heavy atom. The van der Waals surface area contributed by atoms with Crippen LogP contribution in [0.5, 0.6) is 11.5 Å². The molecule has 1 unspecified atom stereocenters. The number of benzene rings is 2. The predicted molar refractivity (Wildman–Crippen MR) is 128 cm³/mol. The van der Waals surface area contributed by atoms with E-state index in [4.69, 9.17) is 14.5 Å². The molecule has 0 fully saturated rings. The third-order valence-electron chi connectivity index (χ3n) is 6.18. The van der Waals surface area contributed by atoms with Crippen molar-refractivity contribution in [3.8, 4) is 11.5 Å². The number of aromatic nitrogens is 2. The van der Waals surface area contributed by atoms with Crippen molar-refractivity contribution in [3.05, 3.63) is 64.2 Å². The van der Waals surface area contributed by atoms with Crippen molar-refractivity contribution in [2.24, 2.45) is 0 Å². The van der Waals surface area contributed by atoms with Crippen molar-refractivity contribution in [1.29, 1.82) is 0 Å². The topological polar surface area (TPSA) is 73.7 Å². The zero-order valence-electron chi connectivity index (χ0n) is 19.5. The van der Waals surface area contributed by atoms with E-state index in [2.05, 4.69) is 6.92 Å². The van der Waals surface area contributed by atoms with Gasteiger partial charge in [0.05, 0.1) is 16.9 Å². The Morgan fingerprint density at radius 2 is 1.88 bits per heavy atom. The lowest BCUT2D eigenvalue weighted by Crippen LogP contribution is -2.38. The quantitative estimate of drug-likeness (QED) is 0.433. The zero-order chi connectivity index (χ0) is 23.4. The number of ether oxygens (including phenoxy) is 2. The molecule has 0 spiro atoms. The number of nitrogens with zero attached hydrogens (tertiary/aromatic N) is 3. The first-order valence-electron chi connectivity index (χ1n) is 11.7. The van der Waals surface area contributed by atoms with E-state index in [0.29, 0.717) is 46.9 Å². The maximum absolute atomic E-state index is 13.7. The summed E-state index contributed by atoms with van der Waals surface area (Å²) < 4.78 is 12.5. The van der Waals surface area contributed by atoms with Crippen LogP contribution in [0.3, 0.4) is 0 Å². The van der Waals surface area contributed by atoms with Crippen molar-refractivity contribution < 1.29 is 14.3 Å². The van der Waals surface area contributed by atoms with Gasteiger partial charge in [-0.15, -0.1) is 0 Å². The minimum atomic E-state index is -0.373. The van der Waals surface area contributed by atoms with Crippen LogP contribution in [0.2, 0.25) is 0 Å². The van der Waals surface area contributed by atoms with E-state index in [1.165, 1.54) is 0 Å². The minimum absolute atomic E-state index is 0.0774. The second kappa shape index (κ2) is 10.1. The van der Waals surface area contributed by atoms with Crippen molar-refractivity contribution in [2.75, 3.05) is 13.3 Å². The van der Waals surface area contributed by atoms with Gasteiger partial charge in [-0.2, -0.15) is 0 Å². The van der Waals surface area contributed by atoms with E-state index in [1.807, 2.05) is 36.9 Å². The van der Waals surface area contributed by atoms with E-state index in [0.717, 1.165) is 25.7 Å². The van der Waals surface area contributed by atoms with Gasteiger partial charge in [-0.25, -0.2) is 4.98 Å². The number of rotatable bonds is 9. The Hall–Kier alpha value is -3.35. The van der Waals surface area contributed by atoms with Crippen molar-refractivity contribution in [3.63, 3.8) is 0 Å². The van der Waals surface area contributed by atoms with Gasteiger partial charge in [0.2, 0.25) is 6.79 Å². The predicted octanol–water partition coefficient (Wildman–Crippen LogP) is 4.93. The zero-order valence-corrected chi connectivity index (χ0v) is 19.5. The van der Waals surface area contributed by atoms with E-state index < -0.39 is 0 Å². The summed E-state index contributed by atoms with van der Waals surface area (Å²) in [4.78, 5) is 33.5. The summed E-state index contributed by atoms with van der Waals surface area (Å²) >= 11 is 0. The van der Waals surface area contributed by atoms with E-state index >= 15 is 0 Å². The van der Waals surface area contributed by atoms with E-state index in [-0.39, 0.29) is 24.3 Å². The van der Waals surface area contributed by atoms with Crippen LogP contribution in [0.1, 0.15) is 68.7 Å². The molecule has 2 heterocycles. The maximum atomic E-state index is 13.7. The summed E-state index contributed by atoms with van der Waals surface area (Å²) in [7, 11) is 0. The number of para-hydroxylation sites is 1. The SMILES string of the molecule is CCCCCCN(C(=O)c1ccc2c(c1)OCO2)C(C)c1nc2ccccc2c(=O)n1CC. The van der Waals surface area contributed by atoms with Gasteiger partial charge in [-0.3, -0.25) is 14.2 Å². The van der Waals surface area contributed by atoms with Crippen LogP contribution >= 0.6 is 0 Å². The van der Waals surface area contributed by atoms with Gasteiger partial charge in [0.15, 0.2) is 11.5 Å². The molecule has 2 aromatic carbocycles. The number of carbonyl (C=O) groups is 1. The summed E-state index contributed by atoms with van der Waals surface area (Å²) in [6, 6.07) is 12.3. The highest BCUT2D eigenvalue weighted by Crippen LogP contribution is 2.33. The molecule has 0 saturated heterocycles. The fourth-order valence-corrected chi connectivity index (χ4v) is 4.32. The molecule has 7 nitrogen and oxygen atoms in total. The molecule has 1 atom stereocenters. The first-order valence-corrected chi connectivity index (χ1v) is 11.7. The van der Waals surface area contributed by atoms with Crippen LogP contribution in [0, 0.1) is 0 Å². The Kier molecular flexibility index (Phi) is 6.96. The lowest BCUT2D eigenvalue weighted by atomic mass is 10.1. The monoisotopic (exact) mass is 449 g/mol. The lowest BCUT2D eigenvalue weighted by molar-refractivity contribution is 0.0674. The Labute approximate surface area is 194 Å². The average molecular weight is 450 g/mol. The molecule has 1 amide bonds. The number of fused-ring (bicyclic) bond motifs is 2. The molecule has 174 valence electrons. The van der Waals surface area contributed by atoms with Crippen molar-refractivity contribution in [1.82, 2.24) is 14.5 Å². The number of unbranched alkanes of at least 4 members (excludes halogenated alkanes) is 3. The van der Waals surface area contributed by atoms with Gasteiger partial charge >= 0.3 is 0 Å². The number of hydrogen-bond acceptors (Lipinski definition) is 5. The summed E-state index contributed by atoms with van der Waals surface area (Å²) in [5.41, 5.74) is 1.11. The van der Waals surface area contributed by atoms with Crippen LogP contribution in [0.4, 0.5) is 0 Å². The number of hydrogen-bond donors (Lipinski definition) is 0. The molecule has 0 bridgehead atoms. The lowest BCUT2D eigenvalue weighted by Gasteiger charge is -2.30. The second-order valence-electron chi connectivity index (χ2n) is 8.34. The Balaban J connectivity index is 1.72. The molecule has 1 aliphatic rings. The van der Waals surface area contributed by atoms with Crippen molar-refractivity contribution >= 4 is 16.8 Å². The molecule has 0 radical (unpaired) electrons. The summed E-state index contributed by atoms with van der Waals surface area (Å²) in [5, 5.41) is 0.590. The third-order valence-corrected chi connectivity index (χ3v) is 6.18. The van der Waals surface area contributed by atoms with Crippen LogP contribution in [-0.2, 0) is 6.54 Å². The first-order chi connectivity index (χ1) is 16.0. The van der Waals surface area contributed by atoms with Crippen LogP contribution in [0.15, 0.2) is 47.3 Å². The molecule has 0 aliphatic carbocycles. The first kappa shape index (κ1) is 22.8. The summed E-state index contributed by atoms with van der Waals surface area (Å²) in [5.74, 6) is 1.71. The highest BCUT2D eigenvalue weighted by molar-refractivity contribution is 5.95. The molecule has 0 N–H and O–H groups in total. The maximum Gasteiger partial charge on any atom is 0.261 e. The fraction of sp³-hybridized carbons (Fsp3) is 0.423. The van der Waals surface area contributed by atoms with Gasteiger partial charge in [0.1, 0.15) is 5.82 Å². The van der Waals surface area contributed by atoms with Crippen LogP contribution in [0.25, 0.3) is 10.9 Å². The largest absolute Gasteiger partial charge is 0.454 e. The molecule has 33 heavy (non-hydrogen) atoms. The number of carbonyl (C=O) groups excluding carboxylic acids is 1. The Morgan fingerprint density at radius 3 is 2.67 bits per heavy atom. The molecule has 1 aliphatic heterocycles. The molecule has 4 rings (SSSR count). The highest BCUT2D eigenvalue weighted by Gasteiger charge is 2.28. The third kappa shape index (κ3) is 4.58. The smallest absolute Gasteiger partial charge is 0.261 e. The standard InChI is InChI=1S/C26H31N3O4/c1-4-6-7-10-15-29(25(30)19-13-14-22-23(16-19)33-17-32-22)18(3)24-27-21-12-9-8-11-20(21)26(31)28(24)5-2/h8-9,11-14,16,18H,4-7,10,15,17H2,1-3H3. The molecule has 3 aromatic rings. The summed E-state index contributed by atoms with van der Waals surface area (Å²) in [6.45, 7) is 7.27. The van der Waals surface area contributed by atoms with Crippen LogP contribution < -0.4 is 15.0 Å². The average Bonchev–Trinajstić information content (AvgIpc) is 3.31. The normalized spacial score (nSPS) is 13.3. The second-order valence-corrected chi connectivity index (χ2v) is 8.34. The van der Waals surface area contributed by atoms with Gasteiger partial charge in [-0.05, 0) is 50.6 Å². The molecule has 0 saturated carbocycles. The van der Waals surface area contributed by atoms with Gasteiger partial charge in [0, 0.05) is 18.7 Å². The van der Waals surface area contributed by atoms with E-state index in [9.17, 15) is 9.59 Å². The minimum Gasteiger partial charge on any atom is -0.454 e. The fourth-order valence-electron chi connectivity index (χ4n) is 4.32. The van der Waals surface area contributed by atoms with Crippen molar-refractivity contribution in [2.45, 2.75) is 59.0 Å². The van der Waals surface area contributed by atoms with Gasteiger partial charge in [0.25, 0.3) is 11.5 Å². The van der Waals surface area contributed by atoms with Crippen LogP contribution in [-0.4, -0.2) is 33.7 Å². The highest BCUT2D eigenvalue weighted by atomic mass is 16.7. The molecule has 1 aromatic heterocycles. The Bertz CT molecular complexity index is 1200. The van der Waals surface area contributed by atoms with Gasteiger partial charge in [-0.1, -0.05) is 38.3 Å². The van der Waals surface area contributed by atoms with Gasteiger partial charge < -0.3 is 14.4 Å². The van der Waals surface area contributed by atoms with E-state index in [1.54, 1.807) is 28.8 Å². The molecular formula is C26H31N3O4. The number of amides is 1. The molecular weight excluding hydrogens is 418 g/mol. The summed E-state index contributed by atoms with van der Waals surface area (Å²) in [6.07, 6.45) is 4.17.